The summed E-state index contributed by atoms with van der Waals surface area (Å²) in [7, 11) is 1.55. The predicted molar refractivity (Wildman–Crippen MR) is 108 cm³/mol. The number of hydrogen-bond acceptors (Lipinski definition) is 5. The molecule has 7 heteroatoms. The summed E-state index contributed by atoms with van der Waals surface area (Å²) in [6, 6.07) is 16.9. The summed E-state index contributed by atoms with van der Waals surface area (Å²) in [4.78, 5) is 17.2. The first kappa shape index (κ1) is 18.5. The van der Waals surface area contributed by atoms with Crippen LogP contribution in [0.1, 0.15) is 21.7 Å². The van der Waals surface area contributed by atoms with E-state index < -0.39 is 0 Å². The van der Waals surface area contributed by atoms with Crippen molar-refractivity contribution in [1.29, 1.82) is 0 Å². The number of benzene rings is 1. The summed E-state index contributed by atoms with van der Waals surface area (Å²) in [5.74, 6) is 1.51. The molecule has 4 aromatic rings. The third-order valence-electron chi connectivity index (χ3n) is 4.44. The molecule has 29 heavy (non-hydrogen) atoms. The highest BCUT2D eigenvalue weighted by Gasteiger charge is 2.21. The van der Waals surface area contributed by atoms with Crippen LogP contribution in [0.5, 0.6) is 5.88 Å². The molecule has 4 rings (SSSR count). The van der Waals surface area contributed by atoms with E-state index in [1.54, 1.807) is 30.3 Å². The van der Waals surface area contributed by atoms with Gasteiger partial charge in [-0.1, -0.05) is 24.3 Å². The zero-order chi connectivity index (χ0) is 20.2. The van der Waals surface area contributed by atoms with Crippen LogP contribution in [0, 0.1) is 6.92 Å². The maximum Gasteiger partial charge on any atom is 0.255 e. The molecule has 0 unspecified atom stereocenters. The van der Waals surface area contributed by atoms with Gasteiger partial charge in [0.1, 0.15) is 11.5 Å². The third-order valence-corrected chi connectivity index (χ3v) is 4.44. The number of carbonyl (C=O) groups excluding carboxylic acids is 1. The Bertz CT molecular complexity index is 1130. The van der Waals surface area contributed by atoms with Gasteiger partial charge in [-0.15, -0.1) is 0 Å². The van der Waals surface area contributed by atoms with Crippen molar-refractivity contribution < 1.29 is 13.9 Å². The van der Waals surface area contributed by atoms with Crippen LogP contribution in [0.25, 0.3) is 17.1 Å². The Hall–Kier alpha value is -3.87. The van der Waals surface area contributed by atoms with Crippen LogP contribution >= 0.6 is 0 Å². The Morgan fingerprint density at radius 2 is 1.97 bits per heavy atom. The van der Waals surface area contributed by atoms with Crippen molar-refractivity contribution in [1.82, 2.24) is 20.1 Å². The summed E-state index contributed by atoms with van der Waals surface area (Å²) >= 11 is 0. The zero-order valence-corrected chi connectivity index (χ0v) is 16.1. The Morgan fingerprint density at radius 3 is 2.69 bits per heavy atom. The minimum absolute atomic E-state index is 0.262. The van der Waals surface area contributed by atoms with Crippen LogP contribution in [0.3, 0.4) is 0 Å². The van der Waals surface area contributed by atoms with Gasteiger partial charge in [-0.2, -0.15) is 5.10 Å². The van der Waals surface area contributed by atoms with Gasteiger partial charge in [0.2, 0.25) is 5.88 Å². The molecular weight excluding hydrogens is 368 g/mol. The fourth-order valence-electron chi connectivity index (χ4n) is 3.01. The van der Waals surface area contributed by atoms with Gasteiger partial charge in [0.15, 0.2) is 5.76 Å². The molecule has 7 nitrogen and oxygen atoms in total. The predicted octanol–water partition coefficient (Wildman–Crippen LogP) is 3.77. The van der Waals surface area contributed by atoms with Crippen LogP contribution in [-0.4, -0.2) is 27.8 Å². The number of para-hydroxylation sites is 1. The average molecular weight is 388 g/mol. The van der Waals surface area contributed by atoms with E-state index in [0.29, 0.717) is 22.9 Å². The van der Waals surface area contributed by atoms with Crippen LogP contribution in [-0.2, 0) is 6.54 Å². The molecule has 146 valence electrons. The number of rotatable bonds is 6. The monoisotopic (exact) mass is 388 g/mol. The van der Waals surface area contributed by atoms with E-state index in [9.17, 15) is 4.79 Å². The number of nitrogens with one attached hydrogen (secondary N) is 1. The molecule has 0 saturated heterocycles. The fraction of sp³-hybridized carbons (Fsp3) is 0.136. The maximum atomic E-state index is 13.0. The molecule has 1 aromatic carbocycles. The van der Waals surface area contributed by atoms with E-state index in [0.717, 1.165) is 17.0 Å². The van der Waals surface area contributed by atoms with Gasteiger partial charge >= 0.3 is 0 Å². The van der Waals surface area contributed by atoms with Crippen molar-refractivity contribution in [2.75, 3.05) is 7.11 Å². The fourth-order valence-corrected chi connectivity index (χ4v) is 3.01. The number of amides is 1. The second-order valence-electron chi connectivity index (χ2n) is 6.44. The van der Waals surface area contributed by atoms with Gasteiger partial charge in [0, 0.05) is 24.5 Å². The molecule has 0 atom stereocenters. The molecular formula is C22H20N4O3. The first-order chi connectivity index (χ1) is 14.2. The van der Waals surface area contributed by atoms with Gasteiger partial charge in [-0.25, -0.2) is 9.67 Å². The second kappa shape index (κ2) is 8.02. The van der Waals surface area contributed by atoms with E-state index >= 15 is 0 Å². The van der Waals surface area contributed by atoms with Crippen molar-refractivity contribution in [3.8, 4) is 23.0 Å². The minimum Gasteiger partial charge on any atom is -0.481 e. The summed E-state index contributed by atoms with van der Waals surface area (Å²) in [5, 5.41) is 7.52. The normalized spacial score (nSPS) is 10.7. The Labute approximate surface area is 168 Å². The molecule has 0 fully saturated rings. The highest BCUT2D eigenvalue weighted by atomic mass is 16.5. The number of hydrogen-bond donors (Lipinski definition) is 1. The standard InChI is InChI=1S/C22H20N4O3/c1-15-10-11-19(29-15)20-18(14-26(25-20)17-8-4-3-5-9-17)21(27)24-13-16-7-6-12-23-22(16)28-2/h3-12,14H,13H2,1-2H3,(H,24,27). The van der Waals surface area contributed by atoms with Crippen molar-refractivity contribution in [3.05, 3.63) is 83.9 Å². The number of methoxy groups -OCH3 is 1. The molecule has 1 amide bonds. The number of furan rings is 1. The number of aryl methyl sites for hydroxylation is 1. The molecule has 0 aliphatic rings. The summed E-state index contributed by atoms with van der Waals surface area (Å²) in [6.07, 6.45) is 3.35. The van der Waals surface area contributed by atoms with Crippen LogP contribution < -0.4 is 10.1 Å². The van der Waals surface area contributed by atoms with E-state index in [4.69, 9.17) is 9.15 Å². The van der Waals surface area contributed by atoms with Gasteiger partial charge in [0.25, 0.3) is 5.91 Å². The molecule has 0 radical (unpaired) electrons. The summed E-state index contributed by atoms with van der Waals surface area (Å²) in [5.41, 5.74) is 2.54. The van der Waals surface area contributed by atoms with Crippen molar-refractivity contribution >= 4 is 5.91 Å². The number of carbonyl (C=O) groups is 1. The van der Waals surface area contributed by atoms with E-state index in [2.05, 4.69) is 15.4 Å². The van der Waals surface area contributed by atoms with Crippen molar-refractivity contribution in [2.45, 2.75) is 13.5 Å². The van der Waals surface area contributed by atoms with Gasteiger partial charge in [0.05, 0.1) is 18.4 Å². The lowest BCUT2D eigenvalue weighted by Gasteiger charge is -2.08. The molecule has 0 bridgehead atoms. The smallest absolute Gasteiger partial charge is 0.255 e. The topological polar surface area (TPSA) is 82.2 Å². The Kier molecular flexibility index (Phi) is 5.11. The molecule has 3 aromatic heterocycles. The molecule has 0 spiro atoms. The molecule has 0 saturated carbocycles. The number of aromatic nitrogens is 3. The number of pyridine rings is 1. The number of nitrogens with zero attached hydrogens (tertiary/aromatic N) is 3. The first-order valence-electron chi connectivity index (χ1n) is 9.13. The average Bonchev–Trinajstić information content (AvgIpc) is 3.39. The van der Waals surface area contributed by atoms with E-state index in [-0.39, 0.29) is 12.5 Å². The highest BCUT2D eigenvalue weighted by molar-refractivity contribution is 5.99. The van der Waals surface area contributed by atoms with Crippen LogP contribution in [0.2, 0.25) is 0 Å². The summed E-state index contributed by atoms with van der Waals surface area (Å²) in [6.45, 7) is 2.13. The molecule has 0 aliphatic heterocycles. The molecule has 3 heterocycles. The summed E-state index contributed by atoms with van der Waals surface area (Å²) < 4.78 is 12.6. The SMILES string of the molecule is COc1ncccc1CNC(=O)c1cn(-c2ccccc2)nc1-c1ccc(C)o1. The van der Waals surface area contributed by atoms with E-state index in [1.165, 1.54) is 0 Å². The van der Waals surface area contributed by atoms with Gasteiger partial charge in [-0.05, 0) is 37.3 Å². The highest BCUT2D eigenvalue weighted by Crippen LogP contribution is 2.26. The maximum absolute atomic E-state index is 13.0. The largest absolute Gasteiger partial charge is 0.481 e. The lowest BCUT2D eigenvalue weighted by atomic mass is 10.2. The van der Waals surface area contributed by atoms with Crippen molar-refractivity contribution in [3.63, 3.8) is 0 Å². The molecule has 1 N–H and O–H groups in total. The van der Waals surface area contributed by atoms with Crippen LogP contribution in [0.4, 0.5) is 0 Å². The van der Waals surface area contributed by atoms with E-state index in [1.807, 2.05) is 55.5 Å². The lowest BCUT2D eigenvalue weighted by molar-refractivity contribution is 0.0951. The Balaban J connectivity index is 1.66. The third kappa shape index (κ3) is 3.89. The van der Waals surface area contributed by atoms with Crippen molar-refractivity contribution in [2.24, 2.45) is 0 Å². The zero-order valence-electron chi connectivity index (χ0n) is 16.1. The quantitative estimate of drug-likeness (QED) is 0.544. The second-order valence-corrected chi connectivity index (χ2v) is 6.44. The van der Waals surface area contributed by atoms with Gasteiger partial charge < -0.3 is 14.5 Å². The molecule has 0 aliphatic carbocycles. The first-order valence-corrected chi connectivity index (χ1v) is 9.13. The lowest BCUT2D eigenvalue weighted by Crippen LogP contribution is -2.23. The Morgan fingerprint density at radius 1 is 1.14 bits per heavy atom. The minimum atomic E-state index is -0.262. The van der Waals surface area contributed by atoms with Crippen LogP contribution in [0.15, 0.2) is 71.4 Å². The van der Waals surface area contributed by atoms with Gasteiger partial charge in [-0.3, -0.25) is 4.79 Å². The number of ether oxygens (including phenoxy) is 1.